The van der Waals surface area contributed by atoms with Gasteiger partial charge < -0.3 is 10.2 Å². The Morgan fingerprint density at radius 2 is 1.81 bits per heavy atom. The number of rotatable bonds is 6. The molecule has 0 fully saturated rings. The molecule has 2 amide bonds. The number of thioether (sulfide) groups is 1. The van der Waals surface area contributed by atoms with Crippen molar-refractivity contribution in [1.29, 1.82) is 0 Å². The van der Waals surface area contributed by atoms with Crippen molar-refractivity contribution >= 4 is 45.7 Å². The molecule has 1 heterocycles. The molecule has 0 spiro atoms. The maximum atomic E-state index is 12.8. The summed E-state index contributed by atoms with van der Waals surface area (Å²) in [5, 5.41) is 5.06. The molecule has 0 bridgehead atoms. The van der Waals surface area contributed by atoms with Crippen LogP contribution in [0, 0.1) is 0 Å². The summed E-state index contributed by atoms with van der Waals surface area (Å²) in [5.41, 5.74) is 2.53. The fourth-order valence-electron chi connectivity index (χ4n) is 3.56. The number of hydrogen-bond donors (Lipinski definition) is 1. The largest absolute Gasteiger partial charge is 0.325 e. The molecule has 3 aromatic rings. The van der Waals surface area contributed by atoms with E-state index in [2.05, 4.69) is 5.32 Å². The van der Waals surface area contributed by atoms with Crippen LogP contribution >= 0.6 is 11.8 Å². The van der Waals surface area contributed by atoms with E-state index in [1.54, 1.807) is 16.7 Å². The van der Waals surface area contributed by atoms with Crippen LogP contribution in [0.25, 0.3) is 10.8 Å². The highest BCUT2D eigenvalue weighted by Gasteiger charge is 2.28. The maximum absolute atomic E-state index is 12.8. The van der Waals surface area contributed by atoms with Crippen LogP contribution in [-0.4, -0.2) is 24.6 Å². The zero-order chi connectivity index (χ0) is 18.8. The Balaban J connectivity index is 1.41. The first-order valence-corrected chi connectivity index (χ1v) is 10.2. The molecule has 1 aliphatic heterocycles. The number of anilines is 2. The van der Waals surface area contributed by atoms with Crippen molar-refractivity contribution in [3.8, 4) is 0 Å². The standard InChI is InChI=1S/C22H20N2O2S/c1-27-19-12-3-2-10-17(19)23-20(25)13-6-14-24-18-11-5-8-15-7-4-9-16(21(15)18)22(24)26/h2-5,7-12H,6,13-14H2,1H3,(H,23,25). The molecule has 3 aromatic carbocycles. The van der Waals surface area contributed by atoms with E-state index in [4.69, 9.17) is 0 Å². The third-order valence-electron chi connectivity index (χ3n) is 4.82. The van der Waals surface area contributed by atoms with Gasteiger partial charge in [-0.25, -0.2) is 0 Å². The van der Waals surface area contributed by atoms with Crippen molar-refractivity contribution in [3.63, 3.8) is 0 Å². The van der Waals surface area contributed by atoms with Gasteiger partial charge in [-0.1, -0.05) is 36.4 Å². The molecule has 1 aliphatic rings. The summed E-state index contributed by atoms with van der Waals surface area (Å²) >= 11 is 1.60. The number of para-hydroxylation sites is 1. The van der Waals surface area contributed by atoms with Crippen LogP contribution in [0.2, 0.25) is 0 Å². The Morgan fingerprint density at radius 1 is 1.04 bits per heavy atom. The Hall–Kier alpha value is -2.79. The summed E-state index contributed by atoms with van der Waals surface area (Å²) in [6, 6.07) is 19.6. The van der Waals surface area contributed by atoms with E-state index in [-0.39, 0.29) is 11.8 Å². The van der Waals surface area contributed by atoms with E-state index in [1.807, 2.05) is 66.9 Å². The summed E-state index contributed by atoms with van der Waals surface area (Å²) in [7, 11) is 0. The maximum Gasteiger partial charge on any atom is 0.258 e. The third-order valence-corrected chi connectivity index (χ3v) is 5.61. The second-order valence-corrected chi connectivity index (χ2v) is 7.34. The minimum absolute atomic E-state index is 0.0231. The predicted octanol–water partition coefficient (Wildman–Crippen LogP) is 4.94. The number of carbonyl (C=O) groups is 2. The molecule has 0 saturated carbocycles. The fraction of sp³-hybridized carbons (Fsp3) is 0.182. The lowest BCUT2D eigenvalue weighted by molar-refractivity contribution is -0.116. The van der Waals surface area contributed by atoms with Crippen LogP contribution in [0.3, 0.4) is 0 Å². The van der Waals surface area contributed by atoms with Gasteiger partial charge in [-0.15, -0.1) is 11.8 Å². The zero-order valence-electron chi connectivity index (χ0n) is 15.1. The van der Waals surface area contributed by atoms with Crippen molar-refractivity contribution in [2.24, 2.45) is 0 Å². The van der Waals surface area contributed by atoms with Gasteiger partial charge >= 0.3 is 0 Å². The van der Waals surface area contributed by atoms with E-state index in [0.717, 1.165) is 32.6 Å². The normalized spacial score (nSPS) is 12.6. The third kappa shape index (κ3) is 3.30. The minimum Gasteiger partial charge on any atom is -0.325 e. The molecule has 0 unspecified atom stereocenters. The topological polar surface area (TPSA) is 49.4 Å². The molecule has 0 radical (unpaired) electrons. The van der Waals surface area contributed by atoms with Crippen LogP contribution in [-0.2, 0) is 4.79 Å². The molecule has 0 atom stereocenters. The molecule has 4 nitrogen and oxygen atoms in total. The average Bonchev–Trinajstić information content (AvgIpc) is 2.96. The minimum atomic E-state index is -0.0288. The lowest BCUT2D eigenvalue weighted by Crippen LogP contribution is -2.28. The molecule has 5 heteroatoms. The highest BCUT2D eigenvalue weighted by molar-refractivity contribution is 7.98. The lowest BCUT2D eigenvalue weighted by Gasteiger charge is -2.17. The Kier molecular flexibility index (Phi) is 4.86. The number of hydrogen-bond acceptors (Lipinski definition) is 3. The van der Waals surface area contributed by atoms with E-state index < -0.39 is 0 Å². The SMILES string of the molecule is CSc1ccccc1NC(=O)CCCN1C(=O)c2cccc3cccc1c23. The van der Waals surface area contributed by atoms with Gasteiger partial charge in [0.15, 0.2) is 0 Å². The number of benzene rings is 3. The molecule has 0 aliphatic carbocycles. The van der Waals surface area contributed by atoms with Gasteiger partial charge in [0.05, 0.1) is 11.4 Å². The Labute approximate surface area is 162 Å². The highest BCUT2D eigenvalue weighted by atomic mass is 32.2. The summed E-state index contributed by atoms with van der Waals surface area (Å²) in [6.45, 7) is 0.532. The van der Waals surface area contributed by atoms with Gasteiger partial charge in [-0.3, -0.25) is 9.59 Å². The number of amides is 2. The number of nitrogens with one attached hydrogen (secondary N) is 1. The van der Waals surface area contributed by atoms with Crippen LogP contribution in [0.1, 0.15) is 23.2 Å². The van der Waals surface area contributed by atoms with E-state index in [0.29, 0.717) is 19.4 Å². The molecular formula is C22H20N2O2S. The summed E-state index contributed by atoms with van der Waals surface area (Å²) in [4.78, 5) is 27.9. The second kappa shape index (κ2) is 7.45. The Bertz CT molecular complexity index is 1030. The van der Waals surface area contributed by atoms with Crippen molar-refractivity contribution in [3.05, 3.63) is 66.2 Å². The van der Waals surface area contributed by atoms with E-state index in [9.17, 15) is 9.59 Å². The molecule has 1 N–H and O–H groups in total. The predicted molar refractivity (Wildman–Crippen MR) is 112 cm³/mol. The zero-order valence-corrected chi connectivity index (χ0v) is 15.9. The lowest BCUT2D eigenvalue weighted by atomic mass is 10.1. The summed E-state index contributed by atoms with van der Waals surface area (Å²) < 4.78 is 0. The van der Waals surface area contributed by atoms with Crippen molar-refractivity contribution in [2.75, 3.05) is 23.0 Å². The van der Waals surface area contributed by atoms with E-state index in [1.165, 1.54) is 0 Å². The number of carbonyl (C=O) groups excluding carboxylic acids is 2. The molecule has 4 rings (SSSR count). The summed E-state index contributed by atoms with van der Waals surface area (Å²) in [6.07, 6.45) is 2.98. The molecule has 136 valence electrons. The van der Waals surface area contributed by atoms with Crippen molar-refractivity contribution < 1.29 is 9.59 Å². The summed E-state index contributed by atoms with van der Waals surface area (Å²) in [5.74, 6) is -0.00574. The van der Waals surface area contributed by atoms with E-state index >= 15 is 0 Å². The van der Waals surface area contributed by atoms with Gasteiger partial charge in [0.1, 0.15) is 0 Å². The van der Waals surface area contributed by atoms with Crippen molar-refractivity contribution in [2.45, 2.75) is 17.7 Å². The van der Waals surface area contributed by atoms with Crippen LogP contribution < -0.4 is 10.2 Å². The van der Waals surface area contributed by atoms with Gasteiger partial charge in [-0.05, 0) is 42.3 Å². The smallest absolute Gasteiger partial charge is 0.258 e. The van der Waals surface area contributed by atoms with Crippen LogP contribution in [0.4, 0.5) is 11.4 Å². The molecular weight excluding hydrogens is 356 g/mol. The first-order chi connectivity index (χ1) is 13.2. The van der Waals surface area contributed by atoms with Gasteiger partial charge in [0, 0.05) is 28.8 Å². The Morgan fingerprint density at radius 3 is 2.63 bits per heavy atom. The van der Waals surface area contributed by atoms with Crippen LogP contribution in [0.5, 0.6) is 0 Å². The van der Waals surface area contributed by atoms with Crippen LogP contribution in [0.15, 0.2) is 65.6 Å². The second-order valence-electron chi connectivity index (χ2n) is 6.49. The molecule has 27 heavy (non-hydrogen) atoms. The first-order valence-electron chi connectivity index (χ1n) is 8.95. The monoisotopic (exact) mass is 376 g/mol. The molecule has 0 aromatic heterocycles. The van der Waals surface area contributed by atoms with Gasteiger partial charge in [0.2, 0.25) is 5.91 Å². The van der Waals surface area contributed by atoms with Gasteiger partial charge in [0.25, 0.3) is 5.91 Å². The number of nitrogens with zero attached hydrogens (tertiary/aromatic N) is 1. The van der Waals surface area contributed by atoms with Crippen molar-refractivity contribution in [1.82, 2.24) is 0 Å². The van der Waals surface area contributed by atoms with Gasteiger partial charge in [-0.2, -0.15) is 0 Å². The average molecular weight is 376 g/mol. The highest BCUT2D eigenvalue weighted by Crippen LogP contribution is 2.37. The first kappa shape index (κ1) is 17.6. The quantitative estimate of drug-likeness (QED) is 0.620. The fourth-order valence-corrected chi connectivity index (χ4v) is 4.11. The molecule has 0 saturated heterocycles.